The summed E-state index contributed by atoms with van der Waals surface area (Å²) in [6.45, 7) is 4.55. The highest BCUT2D eigenvalue weighted by atomic mass is 35.5. The van der Waals surface area contributed by atoms with Crippen molar-refractivity contribution in [3.63, 3.8) is 0 Å². The quantitative estimate of drug-likeness (QED) is 0.592. The minimum absolute atomic E-state index is 0.0683. The van der Waals surface area contributed by atoms with Gasteiger partial charge < -0.3 is 4.90 Å². The molecule has 2 heterocycles. The number of hydrogen-bond acceptors (Lipinski definition) is 4. The lowest BCUT2D eigenvalue weighted by molar-refractivity contribution is -0.138. The first-order chi connectivity index (χ1) is 15.8. The molecule has 0 N–H and O–H groups in total. The molecule has 0 bridgehead atoms. The molecule has 9 heteroatoms. The fourth-order valence-electron chi connectivity index (χ4n) is 4.55. The Kier molecular flexibility index (Phi) is 7.97. The highest BCUT2D eigenvalue weighted by Crippen LogP contribution is 2.27. The van der Waals surface area contributed by atoms with Crippen molar-refractivity contribution in [3.8, 4) is 0 Å². The molecular weight excluding hydrogens is 481 g/mol. The van der Waals surface area contributed by atoms with Gasteiger partial charge in [0.1, 0.15) is 0 Å². The molecule has 4 rings (SSSR count). The molecule has 0 unspecified atom stereocenters. The van der Waals surface area contributed by atoms with Crippen LogP contribution in [0.4, 0.5) is 0 Å². The summed E-state index contributed by atoms with van der Waals surface area (Å²) in [7, 11) is -3.59. The second-order valence-corrected chi connectivity index (χ2v) is 11.6. The van der Waals surface area contributed by atoms with Gasteiger partial charge in [-0.05, 0) is 36.1 Å². The molecule has 0 aromatic heterocycles. The van der Waals surface area contributed by atoms with Crippen LogP contribution in [0.3, 0.4) is 0 Å². The van der Waals surface area contributed by atoms with Crippen molar-refractivity contribution in [2.24, 2.45) is 5.92 Å². The zero-order valence-corrected chi connectivity index (χ0v) is 20.8. The van der Waals surface area contributed by atoms with Gasteiger partial charge in [-0.3, -0.25) is 9.69 Å². The summed E-state index contributed by atoms with van der Waals surface area (Å²) in [5, 5.41) is 0.803. The van der Waals surface area contributed by atoms with Crippen molar-refractivity contribution in [1.29, 1.82) is 0 Å². The van der Waals surface area contributed by atoms with Crippen molar-refractivity contribution in [2.75, 3.05) is 39.3 Å². The fourth-order valence-corrected chi connectivity index (χ4v) is 6.75. The van der Waals surface area contributed by atoms with Crippen LogP contribution in [0.15, 0.2) is 48.5 Å². The first kappa shape index (κ1) is 24.5. The van der Waals surface area contributed by atoms with Gasteiger partial charge in [-0.15, -0.1) is 0 Å². The summed E-state index contributed by atoms with van der Waals surface area (Å²) >= 11 is 12.1. The molecule has 2 aliphatic heterocycles. The number of carbonyl (C=O) groups is 1. The third kappa shape index (κ3) is 6.28. The summed E-state index contributed by atoms with van der Waals surface area (Å²) < 4.78 is 27.6. The Labute approximate surface area is 206 Å². The van der Waals surface area contributed by atoms with Crippen LogP contribution in [-0.4, -0.2) is 67.7 Å². The highest BCUT2D eigenvalue weighted by Gasteiger charge is 2.35. The minimum Gasteiger partial charge on any atom is -0.340 e. The molecule has 6 nitrogen and oxygen atoms in total. The Morgan fingerprint density at radius 3 is 2.39 bits per heavy atom. The van der Waals surface area contributed by atoms with Gasteiger partial charge in [-0.1, -0.05) is 59.6 Å². The maximum Gasteiger partial charge on any atom is 0.227 e. The first-order valence-corrected chi connectivity index (χ1v) is 13.6. The van der Waals surface area contributed by atoms with Gasteiger partial charge in [0, 0.05) is 55.9 Å². The number of sulfonamides is 1. The second-order valence-electron chi connectivity index (χ2n) is 8.78. The van der Waals surface area contributed by atoms with E-state index in [1.165, 1.54) is 9.87 Å². The molecule has 0 spiro atoms. The average Bonchev–Trinajstić information content (AvgIpc) is 2.82. The second kappa shape index (κ2) is 10.7. The van der Waals surface area contributed by atoms with Crippen LogP contribution in [0.2, 0.25) is 10.0 Å². The summed E-state index contributed by atoms with van der Waals surface area (Å²) in [6, 6.07) is 15.2. The van der Waals surface area contributed by atoms with Crippen LogP contribution >= 0.6 is 23.2 Å². The van der Waals surface area contributed by atoms with Gasteiger partial charge in [0.05, 0.1) is 11.7 Å². The Morgan fingerprint density at radius 1 is 0.970 bits per heavy atom. The van der Waals surface area contributed by atoms with Crippen LogP contribution in [0.1, 0.15) is 24.0 Å². The van der Waals surface area contributed by atoms with Gasteiger partial charge in [-0.25, -0.2) is 12.7 Å². The number of hydrogen-bond donors (Lipinski definition) is 0. The molecule has 178 valence electrons. The van der Waals surface area contributed by atoms with Gasteiger partial charge >= 0.3 is 0 Å². The standard InChI is InChI=1S/C24H29Cl2N3O3S/c25-22-9-8-21(23(26)15-22)18-33(31,32)29-10-4-7-20(17-29)24(30)28-13-11-27(12-14-28)16-19-5-2-1-3-6-19/h1-3,5-6,8-9,15,20H,4,7,10-14,16-18H2/t20-/m0/s1. The molecule has 2 aliphatic rings. The average molecular weight is 510 g/mol. The van der Waals surface area contributed by atoms with E-state index in [4.69, 9.17) is 23.2 Å². The molecule has 2 aromatic rings. The minimum atomic E-state index is -3.59. The fraction of sp³-hybridized carbons (Fsp3) is 0.458. The molecule has 2 saturated heterocycles. The topological polar surface area (TPSA) is 60.9 Å². The van der Waals surface area contributed by atoms with E-state index in [-0.39, 0.29) is 24.1 Å². The van der Waals surface area contributed by atoms with Crippen LogP contribution in [0.25, 0.3) is 0 Å². The van der Waals surface area contributed by atoms with E-state index in [1.807, 2.05) is 23.1 Å². The van der Waals surface area contributed by atoms with Crippen molar-refractivity contribution in [1.82, 2.24) is 14.1 Å². The van der Waals surface area contributed by atoms with Crippen LogP contribution in [-0.2, 0) is 27.1 Å². The monoisotopic (exact) mass is 509 g/mol. The van der Waals surface area contributed by atoms with E-state index in [1.54, 1.807) is 18.2 Å². The number of nitrogens with zero attached hydrogens (tertiary/aromatic N) is 3. The molecule has 1 amide bonds. The number of piperazine rings is 1. The largest absolute Gasteiger partial charge is 0.340 e. The zero-order valence-electron chi connectivity index (χ0n) is 18.5. The molecule has 0 saturated carbocycles. The van der Waals surface area contributed by atoms with Gasteiger partial charge in [0.15, 0.2) is 0 Å². The third-order valence-electron chi connectivity index (χ3n) is 6.41. The zero-order chi connectivity index (χ0) is 23.4. The van der Waals surface area contributed by atoms with Crippen molar-refractivity contribution in [2.45, 2.75) is 25.1 Å². The smallest absolute Gasteiger partial charge is 0.227 e. The lowest BCUT2D eigenvalue weighted by Gasteiger charge is -2.38. The molecule has 33 heavy (non-hydrogen) atoms. The summed E-state index contributed by atoms with van der Waals surface area (Å²) in [5.41, 5.74) is 1.79. The maximum atomic E-state index is 13.2. The van der Waals surface area contributed by atoms with Crippen LogP contribution in [0, 0.1) is 5.92 Å². The van der Waals surface area contributed by atoms with E-state index in [0.29, 0.717) is 41.7 Å². The van der Waals surface area contributed by atoms with E-state index >= 15 is 0 Å². The molecule has 1 atom stereocenters. The summed E-state index contributed by atoms with van der Waals surface area (Å²) in [4.78, 5) is 17.4. The number of piperidine rings is 1. The number of carbonyl (C=O) groups excluding carboxylic acids is 1. The predicted molar refractivity (Wildman–Crippen MR) is 132 cm³/mol. The van der Waals surface area contributed by atoms with E-state index < -0.39 is 10.0 Å². The van der Waals surface area contributed by atoms with Gasteiger partial charge in [0.2, 0.25) is 15.9 Å². The Balaban J connectivity index is 1.33. The van der Waals surface area contributed by atoms with E-state index in [9.17, 15) is 13.2 Å². The van der Waals surface area contributed by atoms with Crippen molar-refractivity contribution in [3.05, 3.63) is 69.7 Å². The van der Waals surface area contributed by atoms with E-state index in [2.05, 4.69) is 17.0 Å². The lowest BCUT2D eigenvalue weighted by Crippen LogP contribution is -2.52. The molecular formula is C24H29Cl2N3O3S. The molecule has 0 aliphatic carbocycles. The van der Waals surface area contributed by atoms with Crippen molar-refractivity contribution >= 4 is 39.1 Å². The van der Waals surface area contributed by atoms with Crippen LogP contribution < -0.4 is 0 Å². The van der Waals surface area contributed by atoms with Crippen molar-refractivity contribution < 1.29 is 13.2 Å². The first-order valence-electron chi connectivity index (χ1n) is 11.3. The predicted octanol–water partition coefficient (Wildman–Crippen LogP) is 3.88. The number of amides is 1. The molecule has 2 aromatic carbocycles. The highest BCUT2D eigenvalue weighted by molar-refractivity contribution is 7.88. The van der Waals surface area contributed by atoms with Crippen LogP contribution in [0.5, 0.6) is 0 Å². The summed E-state index contributed by atoms with van der Waals surface area (Å²) in [6.07, 6.45) is 1.40. The maximum absolute atomic E-state index is 13.2. The Hall–Kier alpha value is -1.64. The SMILES string of the molecule is O=C([C@H]1CCCN(S(=O)(=O)Cc2ccc(Cl)cc2Cl)C1)N1CCN(Cc2ccccc2)CC1. The summed E-state index contributed by atoms with van der Waals surface area (Å²) in [5.74, 6) is -0.420. The lowest BCUT2D eigenvalue weighted by atomic mass is 9.97. The Morgan fingerprint density at radius 2 is 1.70 bits per heavy atom. The van der Waals surface area contributed by atoms with Gasteiger partial charge in [-0.2, -0.15) is 0 Å². The molecule has 0 radical (unpaired) electrons. The van der Waals surface area contributed by atoms with E-state index in [0.717, 1.165) is 26.1 Å². The Bertz CT molecular complexity index is 1070. The number of halogens is 2. The number of rotatable bonds is 6. The number of benzene rings is 2. The molecule has 2 fully saturated rings. The normalized spacial score (nSPS) is 20.7. The third-order valence-corrected chi connectivity index (χ3v) is 8.79. The van der Waals surface area contributed by atoms with Gasteiger partial charge in [0.25, 0.3) is 0 Å².